The molecule has 0 atom stereocenters. The van der Waals surface area contributed by atoms with Crippen LogP contribution >= 0.6 is 39.7 Å². The van der Waals surface area contributed by atoms with Crippen molar-refractivity contribution in [1.29, 1.82) is 0 Å². The lowest BCUT2D eigenvalue weighted by molar-refractivity contribution is 0.501. The van der Waals surface area contributed by atoms with Crippen LogP contribution in [0.2, 0.25) is 5.02 Å². The molecule has 0 unspecified atom stereocenters. The molecule has 0 spiro atoms. The molecule has 0 aromatic heterocycles. The largest absolute Gasteiger partial charge is 0.393 e. The smallest absolute Gasteiger partial charge is 0.240 e. The minimum absolute atomic E-state index is 0.127. The molecular weight excluding hydrogens is 372 g/mol. The number of nitrogens with one attached hydrogen (secondary N) is 1. The van der Waals surface area contributed by atoms with E-state index < -0.39 is 15.4 Å². The lowest BCUT2D eigenvalue weighted by Crippen LogP contribution is -2.41. The molecule has 0 fully saturated rings. The molecule has 0 aliphatic rings. The van der Waals surface area contributed by atoms with Crippen LogP contribution in [0.1, 0.15) is 13.8 Å². The van der Waals surface area contributed by atoms with Gasteiger partial charge in [-0.3, -0.25) is 0 Å². The third-order valence-corrected chi connectivity index (χ3v) is 5.74. The normalized spacial score (nSPS) is 12.4. The third kappa shape index (κ3) is 4.39. The second-order valence-electron chi connectivity index (χ2n) is 4.65. The van der Waals surface area contributed by atoms with Crippen LogP contribution in [-0.4, -0.2) is 20.0 Å². The van der Waals surface area contributed by atoms with E-state index in [1.54, 1.807) is 13.8 Å². The van der Waals surface area contributed by atoms with Crippen molar-refractivity contribution < 1.29 is 8.42 Å². The minimum atomic E-state index is -3.62. The number of hydrogen-bond donors (Lipinski definition) is 2. The van der Waals surface area contributed by atoms with E-state index in [0.29, 0.717) is 9.50 Å². The first kappa shape index (κ1) is 16.8. The average Bonchev–Trinajstić information content (AvgIpc) is 2.30. The van der Waals surface area contributed by atoms with Gasteiger partial charge in [0, 0.05) is 16.4 Å². The van der Waals surface area contributed by atoms with Crippen LogP contribution in [0, 0.1) is 5.41 Å². The van der Waals surface area contributed by atoms with Gasteiger partial charge in [-0.05, 0) is 34.1 Å². The Hall–Kier alpha value is -0.210. The summed E-state index contributed by atoms with van der Waals surface area (Å²) in [6, 6.07) is 4.39. The highest BCUT2D eigenvalue weighted by Crippen LogP contribution is 2.25. The van der Waals surface area contributed by atoms with Gasteiger partial charge in [-0.1, -0.05) is 37.7 Å². The van der Waals surface area contributed by atoms with Crippen LogP contribution in [-0.2, 0) is 10.0 Å². The molecule has 0 saturated carbocycles. The summed E-state index contributed by atoms with van der Waals surface area (Å²) in [5.41, 5.74) is 4.96. The maximum Gasteiger partial charge on any atom is 0.240 e. The molecule has 1 aromatic carbocycles. The summed E-state index contributed by atoms with van der Waals surface area (Å²) in [6.45, 7) is 3.68. The van der Waals surface area contributed by atoms with Gasteiger partial charge in [0.05, 0.1) is 14.9 Å². The van der Waals surface area contributed by atoms with E-state index in [1.807, 2.05) is 0 Å². The molecule has 0 aliphatic heterocycles. The van der Waals surface area contributed by atoms with E-state index >= 15 is 0 Å². The molecule has 19 heavy (non-hydrogen) atoms. The van der Waals surface area contributed by atoms with Crippen molar-refractivity contribution in [3.8, 4) is 0 Å². The second-order valence-corrected chi connectivity index (χ2v) is 8.12. The SMILES string of the molecule is CC(C)(CNS(=O)(=O)c1ccc(Cl)c(Br)c1)C(N)=S. The van der Waals surface area contributed by atoms with Crippen molar-refractivity contribution in [1.82, 2.24) is 4.72 Å². The molecule has 0 aliphatic carbocycles. The highest BCUT2D eigenvalue weighted by atomic mass is 79.9. The zero-order chi connectivity index (χ0) is 14.8. The van der Waals surface area contributed by atoms with Crippen molar-refractivity contribution in [2.24, 2.45) is 11.1 Å². The summed E-state index contributed by atoms with van der Waals surface area (Å²) >= 11 is 13.9. The first-order valence-electron chi connectivity index (χ1n) is 5.31. The van der Waals surface area contributed by atoms with Crippen LogP contribution in [0.5, 0.6) is 0 Å². The highest BCUT2D eigenvalue weighted by molar-refractivity contribution is 9.10. The molecule has 0 heterocycles. The Morgan fingerprint density at radius 3 is 2.58 bits per heavy atom. The fourth-order valence-electron chi connectivity index (χ4n) is 1.09. The Kier molecular flexibility index (Phi) is 5.36. The average molecular weight is 386 g/mol. The number of thiocarbonyl (C=S) groups is 1. The number of nitrogens with two attached hydrogens (primary N) is 1. The number of rotatable bonds is 5. The molecule has 0 radical (unpaired) electrons. The second kappa shape index (κ2) is 6.05. The molecular formula is C11H14BrClN2O2S2. The predicted octanol–water partition coefficient (Wildman–Crippen LogP) is 2.69. The number of hydrogen-bond acceptors (Lipinski definition) is 3. The molecule has 3 N–H and O–H groups in total. The highest BCUT2D eigenvalue weighted by Gasteiger charge is 2.25. The van der Waals surface area contributed by atoms with Crippen molar-refractivity contribution in [3.05, 3.63) is 27.7 Å². The third-order valence-electron chi connectivity index (χ3n) is 2.57. The Bertz CT molecular complexity index is 603. The van der Waals surface area contributed by atoms with Gasteiger partial charge in [0.25, 0.3) is 0 Å². The van der Waals surface area contributed by atoms with E-state index in [1.165, 1.54) is 18.2 Å². The van der Waals surface area contributed by atoms with Crippen LogP contribution in [0.25, 0.3) is 0 Å². The summed E-state index contributed by atoms with van der Waals surface area (Å²) in [6.07, 6.45) is 0. The van der Waals surface area contributed by atoms with Crippen molar-refractivity contribution >= 4 is 54.8 Å². The van der Waals surface area contributed by atoms with Crippen LogP contribution in [0.15, 0.2) is 27.6 Å². The van der Waals surface area contributed by atoms with Crippen LogP contribution < -0.4 is 10.5 Å². The van der Waals surface area contributed by atoms with Gasteiger partial charge in [-0.2, -0.15) is 0 Å². The molecule has 4 nitrogen and oxygen atoms in total. The standard InChI is InChI=1S/C11H14BrClN2O2S2/c1-11(2,10(14)18)6-15-19(16,17)7-3-4-9(13)8(12)5-7/h3-5,15H,6H2,1-2H3,(H2,14,18). The number of sulfonamides is 1. The summed E-state index contributed by atoms with van der Waals surface area (Å²) in [4.78, 5) is 0.384. The van der Waals surface area contributed by atoms with E-state index in [0.717, 1.165) is 0 Å². The summed E-state index contributed by atoms with van der Waals surface area (Å²) in [5.74, 6) is 0. The van der Waals surface area contributed by atoms with Gasteiger partial charge >= 0.3 is 0 Å². The van der Waals surface area contributed by atoms with E-state index in [2.05, 4.69) is 20.7 Å². The zero-order valence-electron chi connectivity index (χ0n) is 10.4. The van der Waals surface area contributed by atoms with Crippen molar-refractivity contribution in [2.45, 2.75) is 18.7 Å². The maximum atomic E-state index is 12.1. The lowest BCUT2D eigenvalue weighted by Gasteiger charge is -2.23. The molecule has 0 bridgehead atoms. The minimum Gasteiger partial charge on any atom is -0.393 e. The Morgan fingerprint density at radius 1 is 1.53 bits per heavy atom. The van der Waals surface area contributed by atoms with Gasteiger partial charge in [0.1, 0.15) is 0 Å². The fourth-order valence-corrected chi connectivity index (χ4v) is 3.05. The molecule has 106 valence electrons. The molecule has 0 saturated heterocycles. The zero-order valence-corrected chi connectivity index (χ0v) is 14.4. The number of halogens is 2. The van der Waals surface area contributed by atoms with E-state index in [4.69, 9.17) is 29.6 Å². The molecule has 1 aromatic rings. The summed E-state index contributed by atoms with van der Waals surface area (Å²) < 4.78 is 27.2. The van der Waals surface area contributed by atoms with Gasteiger partial charge in [-0.15, -0.1) is 0 Å². The molecule has 0 amide bonds. The molecule has 8 heteroatoms. The first-order chi connectivity index (χ1) is 8.56. The van der Waals surface area contributed by atoms with E-state index in [-0.39, 0.29) is 16.4 Å². The van der Waals surface area contributed by atoms with Gasteiger partial charge < -0.3 is 5.73 Å². The predicted molar refractivity (Wildman–Crippen MR) is 84.9 cm³/mol. The monoisotopic (exact) mass is 384 g/mol. The fraction of sp³-hybridized carbons (Fsp3) is 0.364. The molecule has 1 rings (SSSR count). The quantitative estimate of drug-likeness (QED) is 0.764. The maximum absolute atomic E-state index is 12.1. The van der Waals surface area contributed by atoms with Gasteiger partial charge in [0.15, 0.2) is 0 Å². The van der Waals surface area contributed by atoms with Gasteiger partial charge in [0.2, 0.25) is 10.0 Å². The van der Waals surface area contributed by atoms with E-state index in [9.17, 15) is 8.42 Å². The summed E-state index contributed by atoms with van der Waals surface area (Å²) in [5, 5.41) is 0.447. The van der Waals surface area contributed by atoms with Gasteiger partial charge in [-0.25, -0.2) is 13.1 Å². The summed E-state index contributed by atoms with van der Waals surface area (Å²) in [7, 11) is -3.62. The van der Waals surface area contributed by atoms with Crippen LogP contribution in [0.3, 0.4) is 0 Å². The lowest BCUT2D eigenvalue weighted by atomic mass is 9.94. The van der Waals surface area contributed by atoms with Crippen LogP contribution in [0.4, 0.5) is 0 Å². The topological polar surface area (TPSA) is 72.2 Å². The van der Waals surface area contributed by atoms with Crippen molar-refractivity contribution in [2.75, 3.05) is 6.54 Å². The number of benzene rings is 1. The first-order valence-corrected chi connectivity index (χ1v) is 8.37. The Balaban J connectivity index is 2.93. The Morgan fingerprint density at radius 2 is 2.11 bits per heavy atom. The Labute approximate surface area is 131 Å². The van der Waals surface area contributed by atoms with Crippen molar-refractivity contribution in [3.63, 3.8) is 0 Å².